The summed E-state index contributed by atoms with van der Waals surface area (Å²) >= 11 is 0. The molecule has 1 aliphatic heterocycles. The molecule has 1 fully saturated rings. The molecule has 0 aliphatic carbocycles. The fourth-order valence-corrected chi connectivity index (χ4v) is 3.03. The molecule has 0 bridgehead atoms. The van der Waals surface area contributed by atoms with Gasteiger partial charge < -0.3 is 15.3 Å². The number of carboxylic acid groups (broad SMARTS) is 1. The summed E-state index contributed by atoms with van der Waals surface area (Å²) in [4.78, 5) is 37.6. The summed E-state index contributed by atoms with van der Waals surface area (Å²) in [6.07, 6.45) is 1.51. The molecule has 1 aliphatic rings. The summed E-state index contributed by atoms with van der Waals surface area (Å²) in [5.74, 6) is -1.52. The zero-order valence-corrected chi connectivity index (χ0v) is 14.2. The molecule has 0 radical (unpaired) electrons. The van der Waals surface area contributed by atoms with Gasteiger partial charge in [-0.1, -0.05) is 36.4 Å². The van der Waals surface area contributed by atoms with Crippen molar-refractivity contribution in [3.63, 3.8) is 0 Å². The van der Waals surface area contributed by atoms with Crippen molar-refractivity contribution in [2.75, 3.05) is 11.4 Å². The van der Waals surface area contributed by atoms with Crippen LogP contribution in [-0.4, -0.2) is 35.5 Å². The first-order valence-electron chi connectivity index (χ1n) is 8.52. The van der Waals surface area contributed by atoms with Gasteiger partial charge in [0.25, 0.3) is 5.91 Å². The topological polar surface area (TPSA) is 86.7 Å². The van der Waals surface area contributed by atoms with Crippen LogP contribution >= 0.6 is 0 Å². The Morgan fingerprint density at radius 3 is 2.54 bits per heavy atom. The molecule has 0 unspecified atom stereocenters. The quantitative estimate of drug-likeness (QED) is 0.835. The fraction of sp³-hybridized carbons (Fsp3) is 0.250. The zero-order valence-electron chi connectivity index (χ0n) is 14.2. The summed E-state index contributed by atoms with van der Waals surface area (Å²) in [6, 6.07) is 14.8. The second-order valence-electron chi connectivity index (χ2n) is 6.25. The van der Waals surface area contributed by atoms with Gasteiger partial charge in [-0.2, -0.15) is 0 Å². The lowest BCUT2D eigenvalue weighted by atomic mass is 10.1. The van der Waals surface area contributed by atoms with Crippen molar-refractivity contribution in [2.45, 2.75) is 25.3 Å². The van der Waals surface area contributed by atoms with Crippen LogP contribution < -0.4 is 10.2 Å². The van der Waals surface area contributed by atoms with Crippen LogP contribution in [0.1, 0.15) is 28.8 Å². The molecule has 1 heterocycles. The monoisotopic (exact) mass is 352 g/mol. The number of rotatable bonds is 6. The van der Waals surface area contributed by atoms with Crippen molar-refractivity contribution in [3.05, 3.63) is 65.7 Å². The number of carbonyl (C=O) groups is 3. The number of amides is 2. The lowest BCUT2D eigenvalue weighted by Crippen LogP contribution is -2.42. The van der Waals surface area contributed by atoms with Gasteiger partial charge in [-0.3, -0.25) is 9.59 Å². The van der Waals surface area contributed by atoms with Crippen LogP contribution in [0, 0.1) is 0 Å². The second kappa shape index (κ2) is 7.82. The number of anilines is 1. The van der Waals surface area contributed by atoms with E-state index in [9.17, 15) is 19.5 Å². The number of hydrogen-bond acceptors (Lipinski definition) is 3. The highest BCUT2D eigenvalue weighted by molar-refractivity contribution is 6.00. The molecule has 6 heteroatoms. The largest absolute Gasteiger partial charge is 0.480 e. The van der Waals surface area contributed by atoms with Gasteiger partial charge in [-0.25, -0.2) is 4.79 Å². The summed E-state index contributed by atoms with van der Waals surface area (Å²) in [7, 11) is 0. The number of nitrogens with one attached hydrogen (secondary N) is 1. The van der Waals surface area contributed by atoms with Crippen LogP contribution in [-0.2, 0) is 16.0 Å². The van der Waals surface area contributed by atoms with Crippen molar-refractivity contribution in [2.24, 2.45) is 0 Å². The minimum atomic E-state index is -1.09. The van der Waals surface area contributed by atoms with E-state index in [1.807, 2.05) is 30.3 Å². The fourth-order valence-electron chi connectivity index (χ4n) is 3.03. The first kappa shape index (κ1) is 17.7. The summed E-state index contributed by atoms with van der Waals surface area (Å²) < 4.78 is 0. The Hall–Kier alpha value is -3.15. The molecule has 6 nitrogen and oxygen atoms in total. The van der Waals surface area contributed by atoms with Crippen molar-refractivity contribution < 1.29 is 19.5 Å². The molecule has 0 aromatic heterocycles. The van der Waals surface area contributed by atoms with Gasteiger partial charge >= 0.3 is 5.97 Å². The number of hydrogen-bond donors (Lipinski definition) is 2. The number of carboxylic acids is 1. The summed E-state index contributed by atoms with van der Waals surface area (Å²) in [6.45, 7) is 0.635. The van der Waals surface area contributed by atoms with Gasteiger partial charge in [0.1, 0.15) is 6.04 Å². The molecule has 26 heavy (non-hydrogen) atoms. The van der Waals surface area contributed by atoms with Crippen LogP contribution in [0.4, 0.5) is 5.69 Å². The Balaban J connectivity index is 1.73. The van der Waals surface area contributed by atoms with Gasteiger partial charge in [0.15, 0.2) is 0 Å². The molecule has 0 spiro atoms. The van der Waals surface area contributed by atoms with Crippen molar-refractivity contribution in [3.8, 4) is 0 Å². The highest BCUT2D eigenvalue weighted by Crippen LogP contribution is 2.22. The van der Waals surface area contributed by atoms with Gasteiger partial charge in [0.05, 0.1) is 0 Å². The predicted molar refractivity (Wildman–Crippen MR) is 97.1 cm³/mol. The average Bonchev–Trinajstić information content (AvgIpc) is 3.08. The van der Waals surface area contributed by atoms with E-state index in [0.717, 1.165) is 12.0 Å². The van der Waals surface area contributed by atoms with E-state index >= 15 is 0 Å². The molecule has 1 atom stereocenters. The number of aliphatic carboxylic acids is 1. The predicted octanol–water partition coefficient (Wildman–Crippen LogP) is 2.24. The van der Waals surface area contributed by atoms with E-state index in [-0.39, 0.29) is 12.3 Å². The zero-order chi connectivity index (χ0) is 18.5. The molecule has 2 N–H and O–H groups in total. The summed E-state index contributed by atoms with van der Waals surface area (Å²) in [5, 5.41) is 12.0. The maximum Gasteiger partial charge on any atom is 0.326 e. The van der Waals surface area contributed by atoms with Crippen LogP contribution in [0.5, 0.6) is 0 Å². The lowest BCUT2D eigenvalue weighted by molar-refractivity contribution is -0.139. The van der Waals surface area contributed by atoms with Crippen molar-refractivity contribution >= 4 is 23.5 Å². The third-order valence-corrected chi connectivity index (χ3v) is 4.38. The van der Waals surface area contributed by atoms with Gasteiger partial charge in [0.2, 0.25) is 5.91 Å². The third-order valence-electron chi connectivity index (χ3n) is 4.38. The van der Waals surface area contributed by atoms with Crippen molar-refractivity contribution in [1.29, 1.82) is 0 Å². The highest BCUT2D eigenvalue weighted by atomic mass is 16.4. The smallest absolute Gasteiger partial charge is 0.326 e. The Bertz CT molecular complexity index is 820. The van der Waals surface area contributed by atoms with E-state index < -0.39 is 17.9 Å². The maximum atomic E-state index is 12.5. The molecule has 134 valence electrons. The van der Waals surface area contributed by atoms with Crippen LogP contribution in [0.25, 0.3) is 0 Å². The van der Waals surface area contributed by atoms with Crippen molar-refractivity contribution in [1.82, 2.24) is 5.32 Å². The molecule has 0 saturated carbocycles. The molecular weight excluding hydrogens is 332 g/mol. The van der Waals surface area contributed by atoms with Crippen LogP contribution in [0.3, 0.4) is 0 Å². The molecule has 1 saturated heterocycles. The number of nitrogens with zero attached hydrogens (tertiary/aromatic N) is 1. The van der Waals surface area contributed by atoms with Crippen LogP contribution in [0.15, 0.2) is 54.6 Å². The number of benzene rings is 2. The minimum absolute atomic E-state index is 0.0371. The Morgan fingerprint density at radius 2 is 1.88 bits per heavy atom. The van der Waals surface area contributed by atoms with E-state index in [1.165, 1.54) is 0 Å². The molecule has 2 amide bonds. The van der Waals surface area contributed by atoms with E-state index in [0.29, 0.717) is 24.2 Å². The van der Waals surface area contributed by atoms with Crippen LogP contribution in [0.2, 0.25) is 0 Å². The summed E-state index contributed by atoms with van der Waals surface area (Å²) in [5.41, 5.74) is 1.83. The Morgan fingerprint density at radius 1 is 1.12 bits per heavy atom. The number of carbonyl (C=O) groups excluding carboxylic acids is 2. The molecule has 2 aromatic carbocycles. The Kier molecular flexibility index (Phi) is 5.31. The van der Waals surface area contributed by atoms with E-state index in [1.54, 1.807) is 29.2 Å². The normalized spacial score (nSPS) is 14.9. The van der Waals surface area contributed by atoms with E-state index in [4.69, 9.17) is 0 Å². The second-order valence-corrected chi connectivity index (χ2v) is 6.25. The minimum Gasteiger partial charge on any atom is -0.480 e. The highest BCUT2D eigenvalue weighted by Gasteiger charge is 2.24. The molecule has 3 rings (SSSR count). The third kappa shape index (κ3) is 4.08. The lowest BCUT2D eigenvalue weighted by Gasteiger charge is -2.18. The van der Waals surface area contributed by atoms with E-state index in [2.05, 4.69) is 5.32 Å². The Labute approximate surface area is 151 Å². The molecule has 2 aromatic rings. The van der Waals surface area contributed by atoms with Gasteiger partial charge in [-0.05, 0) is 30.2 Å². The van der Waals surface area contributed by atoms with Gasteiger partial charge in [0, 0.05) is 30.6 Å². The standard InChI is InChI=1S/C20H20N2O4/c23-18-10-5-11-22(18)16-9-4-8-15(13-16)19(24)21-17(20(25)26)12-14-6-2-1-3-7-14/h1-4,6-9,13,17H,5,10-12H2,(H,21,24)(H,25,26)/t17-/m1/s1. The first-order valence-corrected chi connectivity index (χ1v) is 8.52. The maximum absolute atomic E-state index is 12.5. The average molecular weight is 352 g/mol. The van der Waals surface area contributed by atoms with Gasteiger partial charge in [-0.15, -0.1) is 0 Å². The first-order chi connectivity index (χ1) is 12.5. The SMILES string of the molecule is O=C(N[C@H](Cc1ccccc1)C(=O)O)c1cccc(N2CCCC2=O)c1. The molecular formula is C20H20N2O4.